The van der Waals surface area contributed by atoms with Crippen molar-refractivity contribution in [1.82, 2.24) is 15.0 Å². The van der Waals surface area contributed by atoms with E-state index in [9.17, 15) is 13.2 Å². The number of aromatic nitrogens is 2. The van der Waals surface area contributed by atoms with Gasteiger partial charge in [0.15, 0.2) is 22.8 Å². The molecule has 38 heavy (non-hydrogen) atoms. The summed E-state index contributed by atoms with van der Waals surface area (Å²) in [5.41, 5.74) is 4.69. The van der Waals surface area contributed by atoms with E-state index in [1.54, 1.807) is 17.9 Å². The van der Waals surface area contributed by atoms with Crippen LogP contribution in [0.2, 0.25) is 0 Å². The second-order valence-electron chi connectivity index (χ2n) is 8.79. The topological polar surface area (TPSA) is 96.6 Å². The first-order chi connectivity index (χ1) is 18.4. The number of nitrogens with zero attached hydrogens (tertiary/aromatic N) is 3. The van der Waals surface area contributed by atoms with Crippen molar-refractivity contribution in [1.29, 1.82) is 5.41 Å². The van der Waals surface area contributed by atoms with Crippen LogP contribution in [-0.2, 0) is 0 Å². The van der Waals surface area contributed by atoms with Gasteiger partial charge in [-0.2, -0.15) is 0 Å². The number of piperidine rings is 1. The number of aliphatic imine (C=N–C) groups is 1. The first-order valence-corrected chi connectivity index (χ1v) is 12.4. The molecule has 11 heteroatoms. The summed E-state index contributed by atoms with van der Waals surface area (Å²) in [4.78, 5) is 7.98. The third-order valence-electron chi connectivity index (χ3n) is 6.24. The van der Waals surface area contributed by atoms with Gasteiger partial charge in [0, 0.05) is 18.2 Å². The highest BCUT2D eigenvalue weighted by Crippen LogP contribution is 2.32. The van der Waals surface area contributed by atoms with Crippen molar-refractivity contribution >= 4 is 29.9 Å². The lowest BCUT2D eigenvalue weighted by Crippen LogP contribution is -2.36. The Morgan fingerprint density at radius 1 is 1.26 bits per heavy atom. The Morgan fingerprint density at radius 3 is 2.76 bits per heavy atom. The molecular weight excluding hydrogens is 497 g/mol. The van der Waals surface area contributed by atoms with Gasteiger partial charge in [-0.1, -0.05) is 0 Å². The Balaban J connectivity index is 1.61. The van der Waals surface area contributed by atoms with Crippen LogP contribution < -0.4 is 31.0 Å². The number of allylic oxidation sites excluding steroid dienone is 2. The fraction of sp³-hybridized carbons (Fsp3) is 0.370. The van der Waals surface area contributed by atoms with Crippen molar-refractivity contribution < 1.29 is 22.6 Å². The Hall–Kier alpha value is -3.86. The van der Waals surface area contributed by atoms with Crippen LogP contribution in [0.5, 0.6) is 11.5 Å². The van der Waals surface area contributed by atoms with E-state index >= 15 is 0 Å². The Labute approximate surface area is 218 Å². The van der Waals surface area contributed by atoms with E-state index in [-0.39, 0.29) is 6.10 Å². The summed E-state index contributed by atoms with van der Waals surface area (Å²) in [6, 6.07) is 5.65. The molecule has 0 radical (unpaired) electrons. The predicted octanol–water partition coefficient (Wildman–Crippen LogP) is 3.17. The van der Waals surface area contributed by atoms with Crippen LogP contribution >= 0.6 is 0 Å². The molecule has 0 unspecified atom stereocenters. The van der Waals surface area contributed by atoms with Gasteiger partial charge in [0.25, 0.3) is 5.92 Å². The number of amidine groups is 1. The maximum atomic E-state index is 14.5. The first kappa shape index (κ1) is 27.2. The van der Waals surface area contributed by atoms with Crippen molar-refractivity contribution in [2.24, 2.45) is 4.99 Å². The molecule has 0 aliphatic carbocycles. The summed E-state index contributed by atoms with van der Waals surface area (Å²) < 4.78 is 55.2. The lowest BCUT2D eigenvalue weighted by Gasteiger charge is -2.25. The first-order valence-electron chi connectivity index (χ1n) is 12.4. The monoisotopic (exact) mass is 528 g/mol. The molecule has 4 rings (SSSR count). The van der Waals surface area contributed by atoms with Gasteiger partial charge in [-0.25, -0.2) is 23.4 Å². The highest BCUT2D eigenvalue weighted by atomic mass is 19.3. The summed E-state index contributed by atoms with van der Waals surface area (Å²) in [7, 11) is 1.59. The van der Waals surface area contributed by atoms with Crippen LogP contribution in [0, 0.1) is 5.41 Å². The minimum atomic E-state index is -3.54. The number of ether oxygens (including phenoxy) is 2. The van der Waals surface area contributed by atoms with E-state index in [4.69, 9.17) is 14.9 Å². The smallest absolute Gasteiger partial charge is 0.279 e. The molecule has 0 amide bonds. The number of fused-ring (bicyclic) bond motifs is 1. The van der Waals surface area contributed by atoms with Crippen molar-refractivity contribution in [2.45, 2.75) is 38.2 Å². The summed E-state index contributed by atoms with van der Waals surface area (Å²) in [5.74, 6) is -2.90. The molecule has 0 spiro atoms. The van der Waals surface area contributed by atoms with Crippen molar-refractivity contribution in [3.63, 3.8) is 0 Å². The molecule has 0 atom stereocenters. The average Bonchev–Trinajstić information content (AvgIpc) is 3.32. The van der Waals surface area contributed by atoms with Gasteiger partial charge < -0.3 is 14.8 Å². The number of benzene rings is 1. The third-order valence-corrected chi connectivity index (χ3v) is 6.24. The Kier molecular flexibility index (Phi) is 8.67. The summed E-state index contributed by atoms with van der Waals surface area (Å²) in [6.07, 6.45) is 9.84. The van der Waals surface area contributed by atoms with Crippen LogP contribution in [0.1, 0.15) is 31.7 Å². The fourth-order valence-corrected chi connectivity index (χ4v) is 4.23. The van der Waals surface area contributed by atoms with Crippen molar-refractivity contribution in [2.75, 3.05) is 32.3 Å². The van der Waals surface area contributed by atoms with Gasteiger partial charge in [-0.15, -0.1) is 0 Å². The molecule has 202 valence electrons. The number of hydrogen-bond acceptors (Lipinski definition) is 6. The SMILES string of the molecule is CC=NC(=N)/C(=C\C=c1/cnc2n1NC(c1ccc(OC3CCNCC3)c(OC)c1)=CC=2)C(F)(F)CCF. The van der Waals surface area contributed by atoms with Gasteiger partial charge in [0.2, 0.25) is 0 Å². The summed E-state index contributed by atoms with van der Waals surface area (Å²) in [6.45, 7) is 2.14. The minimum absolute atomic E-state index is 0.127. The van der Waals surface area contributed by atoms with Gasteiger partial charge in [0.05, 0.1) is 36.6 Å². The maximum absolute atomic E-state index is 14.5. The van der Waals surface area contributed by atoms with Crippen molar-refractivity contribution in [3.8, 4) is 11.5 Å². The van der Waals surface area contributed by atoms with E-state index in [1.165, 1.54) is 25.4 Å². The highest BCUT2D eigenvalue weighted by molar-refractivity contribution is 6.02. The van der Waals surface area contributed by atoms with Crippen LogP contribution in [0.4, 0.5) is 13.2 Å². The van der Waals surface area contributed by atoms with E-state index in [0.29, 0.717) is 22.3 Å². The Bertz CT molecular complexity index is 1370. The highest BCUT2D eigenvalue weighted by Gasteiger charge is 2.36. The number of hydrogen-bond donors (Lipinski definition) is 3. The van der Waals surface area contributed by atoms with Gasteiger partial charge in [-0.05, 0) is 75.4 Å². The van der Waals surface area contributed by atoms with Gasteiger partial charge in [-0.3, -0.25) is 15.2 Å². The van der Waals surface area contributed by atoms with Crippen LogP contribution in [0.25, 0.3) is 17.8 Å². The van der Waals surface area contributed by atoms with Crippen LogP contribution in [0.15, 0.2) is 47.1 Å². The van der Waals surface area contributed by atoms with Crippen LogP contribution in [0.3, 0.4) is 0 Å². The van der Waals surface area contributed by atoms with Gasteiger partial charge in [0.1, 0.15) is 6.10 Å². The summed E-state index contributed by atoms with van der Waals surface area (Å²) in [5, 5.41) is 11.7. The minimum Gasteiger partial charge on any atom is -0.493 e. The quantitative estimate of drug-likeness (QED) is 0.343. The fourth-order valence-electron chi connectivity index (χ4n) is 4.23. The van der Waals surface area contributed by atoms with Crippen molar-refractivity contribution in [3.05, 3.63) is 58.5 Å². The summed E-state index contributed by atoms with van der Waals surface area (Å²) >= 11 is 0. The van der Waals surface area contributed by atoms with E-state index in [0.717, 1.165) is 43.3 Å². The molecular formula is C27H31F3N6O2. The van der Waals surface area contributed by atoms with E-state index in [1.807, 2.05) is 24.3 Å². The van der Waals surface area contributed by atoms with Gasteiger partial charge >= 0.3 is 0 Å². The number of methoxy groups -OCH3 is 1. The number of halogens is 3. The average molecular weight is 529 g/mol. The number of imidazole rings is 1. The molecule has 1 fully saturated rings. The number of nitrogens with one attached hydrogen (secondary N) is 3. The van der Waals surface area contributed by atoms with E-state index in [2.05, 4.69) is 20.7 Å². The molecule has 1 aromatic heterocycles. The lowest BCUT2D eigenvalue weighted by atomic mass is 10.0. The molecule has 8 nitrogen and oxygen atoms in total. The second kappa shape index (κ2) is 12.1. The molecule has 2 aromatic rings. The normalized spacial score (nSPS) is 17.0. The molecule has 1 saturated heterocycles. The standard InChI is InChI=1S/C27H31F3N6O2/c1-3-33-26(31)21(27(29,30)12-13-28)6-5-19-17-34-25-9-7-22(35-36(19)25)18-4-8-23(24(16-18)37-2)38-20-10-14-32-15-11-20/h3-9,16-17,20,31-32,35H,10-15H2,1-2H3/b19-5+,21-6+,31-26?,33-3?. The zero-order valence-corrected chi connectivity index (χ0v) is 21.3. The molecule has 0 saturated carbocycles. The number of rotatable bonds is 9. The maximum Gasteiger partial charge on any atom is 0.279 e. The zero-order valence-electron chi connectivity index (χ0n) is 21.3. The van der Waals surface area contributed by atoms with Crippen LogP contribution in [-0.4, -0.2) is 60.6 Å². The molecule has 3 heterocycles. The third kappa shape index (κ3) is 6.16. The predicted molar refractivity (Wildman–Crippen MR) is 143 cm³/mol. The molecule has 1 aromatic carbocycles. The van der Waals surface area contributed by atoms with E-state index < -0.39 is 30.4 Å². The lowest BCUT2D eigenvalue weighted by molar-refractivity contribution is 0.0318. The molecule has 2 aliphatic rings. The zero-order chi connectivity index (χ0) is 27.1. The molecule has 3 N–H and O–H groups in total. The number of alkyl halides is 3. The molecule has 2 aliphatic heterocycles. The molecule has 0 bridgehead atoms. The Morgan fingerprint density at radius 2 is 2.05 bits per heavy atom. The second-order valence-corrected chi connectivity index (χ2v) is 8.79. The largest absolute Gasteiger partial charge is 0.493 e.